The third kappa shape index (κ3) is 3.77. The van der Waals surface area contributed by atoms with E-state index in [0.29, 0.717) is 23.1 Å². The predicted molar refractivity (Wildman–Crippen MR) is 98.6 cm³/mol. The summed E-state index contributed by atoms with van der Waals surface area (Å²) in [5.74, 6) is -0.608. The van der Waals surface area contributed by atoms with Crippen molar-refractivity contribution in [2.75, 3.05) is 0 Å². The second-order valence-corrected chi connectivity index (χ2v) is 5.90. The van der Waals surface area contributed by atoms with Gasteiger partial charge in [0.2, 0.25) is 0 Å². The number of ether oxygens (including phenoxy) is 1. The summed E-state index contributed by atoms with van der Waals surface area (Å²) in [4.78, 5) is 37.1. The second-order valence-electron chi connectivity index (χ2n) is 5.90. The van der Waals surface area contributed by atoms with Crippen molar-refractivity contribution in [3.63, 3.8) is 0 Å². The number of nitro benzene ring substituents is 1. The molecule has 27 heavy (non-hydrogen) atoms. The number of esters is 1. The Balaban J connectivity index is 1.88. The Hall–Kier alpha value is -3.74. The van der Waals surface area contributed by atoms with E-state index < -0.39 is 10.9 Å². The summed E-state index contributed by atoms with van der Waals surface area (Å²) in [5, 5.41) is 10.8. The zero-order valence-electron chi connectivity index (χ0n) is 14.5. The number of benzene rings is 2. The van der Waals surface area contributed by atoms with E-state index in [1.807, 2.05) is 30.3 Å². The van der Waals surface area contributed by atoms with Gasteiger partial charge < -0.3 is 9.72 Å². The molecule has 0 unspecified atom stereocenters. The van der Waals surface area contributed by atoms with Crippen molar-refractivity contribution in [3.8, 4) is 11.3 Å². The fourth-order valence-corrected chi connectivity index (χ4v) is 2.80. The van der Waals surface area contributed by atoms with Crippen molar-refractivity contribution in [1.29, 1.82) is 0 Å². The summed E-state index contributed by atoms with van der Waals surface area (Å²) in [6, 6.07) is 15.1. The van der Waals surface area contributed by atoms with Crippen molar-refractivity contribution in [2.24, 2.45) is 0 Å². The Kier molecular flexibility index (Phi) is 5.12. The van der Waals surface area contributed by atoms with Gasteiger partial charge in [0.05, 0.1) is 16.2 Å². The van der Waals surface area contributed by atoms with Crippen LogP contribution in [0, 0.1) is 17.0 Å². The molecule has 0 bridgehead atoms. The molecule has 0 aliphatic rings. The highest BCUT2D eigenvalue weighted by Crippen LogP contribution is 2.29. The lowest BCUT2D eigenvalue weighted by Crippen LogP contribution is -2.08. The van der Waals surface area contributed by atoms with E-state index in [0.717, 1.165) is 5.56 Å². The van der Waals surface area contributed by atoms with Crippen LogP contribution in [0.25, 0.3) is 11.3 Å². The van der Waals surface area contributed by atoms with Crippen molar-refractivity contribution in [2.45, 2.75) is 13.5 Å². The molecule has 2 aromatic carbocycles. The highest BCUT2D eigenvalue weighted by atomic mass is 16.6. The molecule has 0 saturated carbocycles. The maximum absolute atomic E-state index is 12.5. The molecular weight excluding hydrogens is 348 g/mol. The first-order valence-electron chi connectivity index (χ1n) is 8.15. The zero-order valence-corrected chi connectivity index (χ0v) is 14.5. The molecule has 0 aliphatic carbocycles. The van der Waals surface area contributed by atoms with Crippen LogP contribution in [0.1, 0.15) is 32.0 Å². The molecule has 0 amide bonds. The summed E-state index contributed by atoms with van der Waals surface area (Å²) in [6.45, 7) is 1.79. The number of hydrogen-bond donors (Lipinski definition) is 1. The lowest BCUT2D eigenvalue weighted by Gasteiger charge is -2.06. The van der Waals surface area contributed by atoms with Crippen molar-refractivity contribution in [1.82, 2.24) is 4.98 Å². The fourth-order valence-electron chi connectivity index (χ4n) is 2.80. The first-order valence-corrected chi connectivity index (χ1v) is 8.15. The van der Waals surface area contributed by atoms with E-state index in [-0.39, 0.29) is 23.6 Å². The summed E-state index contributed by atoms with van der Waals surface area (Å²) >= 11 is 0. The number of aromatic amines is 1. The lowest BCUT2D eigenvalue weighted by molar-refractivity contribution is -0.384. The number of nitrogens with one attached hydrogen (secondary N) is 1. The van der Waals surface area contributed by atoms with Gasteiger partial charge in [-0.2, -0.15) is 0 Å². The Morgan fingerprint density at radius 1 is 1.15 bits per heavy atom. The number of H-pyrrole nitrogens is 1. The van der Waals surface area contributed by atoms with Crippen molar-refractivity contribution in [3.05, 3.63) is 87.1 Å². The molecule has 3 rings (SSSR count). The Morgan fingerprint density at radius 2 is 1.81 bits per heavy atom. The van der Waals surface area contributed by atoms with Crippen LogP contribution < -0.4 is 0 Å². The zero-order chi connectivity index (χ0) is 19.4. The average molecular weight is 364 g/mol. The van der Waals surface area contributed by atoms with Gasteiger partial charge in [0.1, 0.15) is 6.61 Å². The number of rotatable bonds is 6. The van der Waals surface area contributed by atoms with E-state index in [9.17, 15) is 19.7 Å². The largest absolute Gasteiger partial charge is 0.457 e. The topological polar surface area (TPSA) is 102 Å². The molecule has 1 aromatic heterocycles. The van der Waals surface area contributed by atoms with E-state index in [4.69, 9.17) is 4.74 Å². The molecule has 7 nitrogen and oxygen atoms in total. The third-order valence-corrected chi connectivity index (χ3v) is 4.18. The van der Waals surface area contributed by atoms with E-state index in [2.05, 4.69) is 4.98 Å². The minimum atomic E-state index is -0.608. The summed E-state index contributed by atoms with van der Waals surface area (Å²) in [7, 11) is 0. The quantitative estimate of drug-likeness (QED) is 0.307. The van der Waals surface area contributed by atoms with E-state index >= 15 is 0 Å². The molecule has 0 radical (unpaired) electrons. The van der Waals surface area contributed by atoms with Gasteiger partial charge in [0.25, 0.3) is 5.69 Å². The molecular formula is C20H16N2O5. The van der Waals surface area contributed by atoms with Gasteiger partial charge in [-0.25, -0.2) is 4.79 Å². The summed E-state index contributed by atoms with van der Waals surface area (Å²) in [6.07, 6.45) is 0.557. The van der Waals surface area contributed by atoms with E-state index in [1.165, 1.54) is 12.1 Å². The predicted octanol–water partition coefficient (Wildman–Crippen LogP) is 4.07. The van der Waals surface area contributed by atoms with Gasteiger partial charge in [0, 0.05) is 17.8 Å². The van der Waals surface area contributed by atoms with Crippen LogP contribution in [-0.4, -0.2) is 22.2 Å². The Morgan fingerprint density at radius 3 is 2.41 bits per heavy atom. The van der Waals surface area contributed by atoms with Crippen LogP contribution in [0.4, 0.5) is 5.69 Å². The third-order valence-electron chi connectivity index (χ3n) is 4.18. The molecule has 0 spiro atoms. The van der Waals surface area contributed by atoms with Gasteiger partial charge in [-0.1, -0.05) is 30.3 Å². The number of nitro groups is 1. The maximum Gasteiger partial charge on any atom is 0.341 e. The van der Waals surface area contributed by atoms with Crippen LogP contribution >= 0.6 is 0 Å². The molecule has 136 valence electrons. The van der Waals surface area contributed by atoms with Crippen LogP contribution in [0.5, 0.6) is 0 Å². The second kappa shape index (κ2) is 7.65. The van der Waals surface area contributed by atoms with Crippen molar-refractivity contribution >= 4 is 17.9 Å². The van der Waals surface area contributed by atoms with Crippen LogP contribution in [-0.2, 0) is 11.3 Å². The number of aromatic nitrogens is 1. The minimum Gasteiger partial charge on any atom is -0.457 e. The molecule has 0 atom stereocenters. The van der Waals surface area contributed by atoms with Gasteiger partial charge >= 0.3 is 5.97 Å². The van der Waals surface area contributed by atoms with Crippen molar-refractivity contribution < 1.29 is 19.2 Å². The number of carbonyl (C=O) groups excluding carboxylic acids is 2. The summed E-state index contributed by atoms with van der Waals surface area (Å²) < 4.78 is 5.33. The standard InChI is InChI=1S/C20H16N2O5/c1-13-18(20(24)27-12-14-5-3-2-4-6-14)17(11-23)21-19(13)15-7-9-16(10-8-15)22(25)26/h2-11,21H,12H2,1H3. The SMILES string of the molecule is Cc1c(-c2ccc([N+](=O)[O-])cc2)[nH]c(C=O)c1C(=O)OCc1ccccc1. The smallest absolute Gasteiger partial charge is 0.341 e. The number of carbonyl (C=O) groups is 2. The van der Waals surface area contributed by atoms with Gasteiger partial charge in [0.15, 0.2) is 6.29 Å². The van der Waals surface area contributed by atoms with Crippen LogP contribution in [0.2, 0.25) is 0 Å². The molecule has 0 aliphatic heterocycles. The fraction of sp³-hybridized carbons (Fsp3) is 0.100. The molecule has 7 heteroatoms. The first-order chi connectivity index (χ1) is 13.0. The van der Waals surface area contributed by atoms with E-state index in [1.54, 1.807) is 19.1 Å². The normalized spacial score (nSPS) is 10.4. The van der Waals surface area contributed by atoms with Gasteiger partial charge in [-0.05, 0) is 35.7 Å². The highest BCUT2D eigenvalue weighted by Gasteiger charge is 2.22. The Bertz CT molecular complexity index is 991. The minimum absolute atomic E-state index is 0.0407. The van der Waals surface area contributed by atoms with Crippen LogP contribution in [0.3, 0.4) is 0 Å². The average Bonchev–Trinajstić information content (AvgIpc) is 3.03. The number of non-ortho nitro benzene ring substituents is 1. The van der Waals surface area contributed by atoms with Crippen LogP contribution in [0.15, 0.2) is 54.6 Å². The molecule has 1 heterocycles. The molecule has 0 saturated heterocycles. The monoisotopic (exact) mass is 364 g/mol. The summed E-state index contributed by atoms with van der Waals surface area (Å²) in [5.41, 5.74) is 2.78. The molecule has 1 N–H and O–H groups in total. The maximum atomic E-state index is 12.5. The number of hydrogen-bond acceptors (Lipinski definition) is 5. The van der Waals surface area contributed by atoms with Gasteiger partial charge in [-0.3, -0.25) is 14.9 Å². The molecule has 3 aromatic rings. The lowest BCUT2D eigenvalue weighted by atomic mass is 10.0. The number of aldehydes is 1. The number of nitrogens with zero attached hydrogens (tertiary/aromatic N) is 1. The Labute approximate surface area is 154 Å². The first kappa shape index (κ1) is 18.1. The van der Waals surface area contributed by atoms with Gasteiger partial charge in [-0.15, -0.1) is 0 Å². The highest BCUT2D eigenvalue weighted by molar-refractivity contribution is 6.01. The molecule has 0 fully saturated rings.